The maximum Gasteiger partial charge on any atom is 0.166 e. The van der Waals surface area contributed by atoms with Gasteiger partial charge in [0.1, 0.15) is 5.75 Å². The van der Waals surface area contributed by atoms with Crippen molar-refractivity contribution < 1.29 is 9.53 Å². The fraction of sp³-hybridized carbons (Fsp3) is 0.154. The van der Waals surface area contributed by atoms with Crippen molar-refractivity contribution in [3.05, 3.63) is 52.3 Å². The van der Waals surface area contributed by atoms with Crippen molar-refractivity contribution in [2.75, 3.05) is 7.11 Å². The van der Waals surface area contributed by atoms with Crippen molar-refractivity contribution in [1.29, 1.82) is 0 Å². The third-order valence-corrected chi connectivity index (χ3v) is 3.35. The normalized spacial score (nSPS) is 10.2. The Balaban J connectivity index is 2.32. The van der Waals surface area contributed by atoms with Gasteiger partial charge < -0.3 is 9.30 Å². The average Bonchev–Trinajstić information content (AvgIpc) is 2.79. The Morgan fingerprint density at radius 2 is 2.24 bits per heavy atom. The Labute approximate surface area is 108 Å². The molecule has 2 rings (SSSR count). The first-order valence-electron chi connectivity index (χ1n) is 5.17. The summed E-state index contributed by atoms with van der Waals surface area (Å²) in [5, 5.41) is 0. The van der Waals surface area contributed by atoms with Gasteiger partial charge in [-0.05, 0) is 35.9 Å². The molecule has 0 aliphatic rings. The number of carbonyl (C=O) groups is 1. The van der Waals surface area contributed by atoms with Crippen LogP contribution >= 0.6 is 15.9 Å². The summed E-state index contributed by atoms with van der Waals surface area (Å²) >= 11 is 3.49. The fourth-order valence-corrected chi connectivity index (χ4v) is 2.03. The molecule has 88 valence electrons. The fourth-order valence-electron chi connectivity index (χ4n) is 1.66. The standard InChI is InChI=1S/C13H12BrNO2/c1-17-12-4-5-13(14)10(7-12)8-15-6-2-3-11(15)9-16/h2-7,9H,8H2,1H3. The van der Waals surface area contributed by atoms with Gasteiger partial charge in [0.2, 0.25) is 0 Å². The number of ether oxygens (including phenoxy) is 1. The van der Waals surface area contributed by atoms with E-state index in [2.05, 4.69) is 15.9 Å². The zero-order valence-corrected chi connectivity index (χ0v) is 11.0. The van der Waals surface area contributed by atoms with Crippen molar-refractivity contribution in [2.24, 2.45) is 0 Å². The molecule has 1 heterocycles. The number of aldehydes is 1. The van der Waals surface area contributed by atoms with Gasteiger partial charge in [0.15, 0.2) is 6.29 Å². The summed E-state index contributed by atoms with van der Waals surface area (Å²) in [5.41, 5.74) is 1.74. The number of rotatable bonds is 4. The molecule has 0 saturated heterocycles. The molecular weight excluding hydrogens is 282 g/mol. The molecule has 0 amide bonds. The third kappa shape index (κ3) is 2.58. The van der Waals surface area contributed by atoms with Gasteiger partial charge in [-0.1, -0.05) is 15.9 Å². The van der Waals surface area contributed by atoms with E-state index >= 15 is 0 Å². The Kier molecular flexibility index (Phi) is 3.64. The number of carbonyl (C=O) groups excluding carboxylic acids is 1. The lowest BCUT2D eigenvalue weighted by atomic mass is 10.2. The van der Waals surface area contributed by atoms with Gasteiger partial charge in [-0.25, -0.2) is 0 Å². The summed E-state index contributed by atoms with van der Waals surface area (Å²) in [6.07, 6.45) is 2.74. The second kappa shape index (κ2) is 5.19. The molecule has 0 spiro atoms. The maximum atomic E-state index is 10.8. The molecule has 1 aromatic carbocycles. The van der Waals surface area contributed by atoms with Crippen LogP contribution in [0.1, 0.15) is 16.1 Å². The second-order valence-electron chi connectivity index (χ2n) is 3.64. The van der Waals surface area contributed by atoms with Crippen LogP contribution in [0.5, 0.6) is 5.75 Å². The van der Waals surface area contributed by atoms with E-state index in [-0.39, 0.29) is 0 Å². The molecule has 0 saturated carbocycles. The van der Waals surface area contributed by atoms with Crippen molar-refractivity contribution in [1.82, 2.24) is 4.57 Å². The van der Waals surface area contributed by atoms with Gasteiger partial charge in [0.25, 0.3) is 0 Å². The summed E-state index contributed by atoms with van der Waals surface area (Å²) in [6.45, 7) is 0.638. The van der Waals surface area contributed by atoms with E-state index in [1.54, 1.807) is 13.2 Å². The number of benzene rings is 1. The zero-order valence-electron chi connectivity index (χ0n) is 9.39. The number of nitrogens with zero attached hydrogens (tertiary/aromatic N) is 1. The van der Waals surface area contributed by atoms with E-state index in [0.29, 0.717) is 12.2 Å². The van der Waals surface area contributed by atoms with E-state index in [1.807, 2.05) is 35.0 Å². The topological polar surface area (TPSA) is 31.2 Å². The largest absolute Gasteiger partial charge is 0.497 e. The Bertz CT molecular complexity index is 534. The highest BCUT2D eigenvalue weighted by atomic mass is 79.9. The highest BCUT2D eigenvalue weighted by Crippen LogP contribution is 2.23. The molecule has 0 bridgehead atoms. The molecule has 2 aromatic rings. The molecule has 0 radical (unpaired) electrons. The Hall–Kier alpha value is -1.55. The summed E-state index contributed by atoms with van der Waals surface area (Å²) < 4.78 is 8.08. The van der Waals surface area contributed by atoms with E-state index in [9.17, 15) is 4.79 Å². The van der Waals surface area contributed by atoms with Crippen LogP contribution in [0.25, 0.3) is 0 Å². The minimum atomic E-state index is 0.638. The van der Waals surface area contributed by atoms with Crippen LogP contribution in [-0.2, 0) is 6.54 Å². The maximum absolute atomic E-state index is 10.8. The first kappa shape index (κ1) is 11.9. The number of aromatic nitrogens is 1. The SMILES string of the molecule is COc1ccc(Br)c(Cn2cccc2C=O)c1. The van der Waals surface area contributed by atoms with E-state index in [4.69, 9.17) is 4.74 Å². The third-order valence-electron chi connectivity index (χ3n) is 2.58. The second-order valence-corrected chi connectivity index (χ2v) is 4.49. The number of methoxy groups -OCH3 is 1. The van der Waals surface area contributed by atoms with E-state index in [1.165, 1.54) is 0 Å². The summed E-state index contributed by atoms with van der Waals surface area (Å²) in [7, 11) is 1.64. The lowest BCUT2D eigenvalue weighted by molar-refractivity contribution is 0.111. The van der Waals surface area contributed by atoms with E-state index < -0.39 is 0 Å². The van der Waals surface area contributed by atoms with Crippen molar-refractivity contribution in [3.8, 4) is 5.75 Å². The van der Waals surface area contributed by atoms with Gasteiger partial charge in [-0.3, -0.25) is 4.79 Å². The quantitative estimate of drug-likeness (QED) is 0.811. The summed E-state index contributed by atoms with van der Waals surface area (Å²) in [4.78, 5) is 10.8. The van der Waals surface area contributed by atoms with Gasteiger partial charge in [0, 0.05) is 17.2 Å². The molecule has 17 heavy (non-hydrogen) atoms. The van der Waals surface area contributed by atoms with Crippen LogP contribution in [0.3, 0.4) is 0 Å². The highest BCUT2D eigenvalue weighted by Gasteiger charge is 2.05. The molecule has 0 unspecified atom stereocenters. The Morgan fingerprint density at radius 1 is 1.41 bits per heavy atom. The molecule has 0 aliphatic heterocycles. The highest BCUT2D eigenvalue weighted by molar-refractivity contribution is 9.10. The molecule has 0 aliphatic carbocycles. The molecule has 0 fully saturated rings. The van der Waals surface area contributed by atoms with Crippen LogP contribution in [0.2, 0.25) is 0 Å². The predicted molar refractivity (Wildman–Crippen MR) is 69.6 cm³/mol. The van der Waals surface area contributed by atoms with E-state index in [0.717, 1.165) is 22.1 Å². The monoisotopic (exact) mass is 293 g/mol. The van der Waals surface area contributed by atoms with Crippen LogP contribution < -0.4 is 4.74 Å². The zero-order chi connectivity index (χ0) is 12.3. The van der Waals surface area contributed by atoms with Crippen molar-refractivity contribution in [2.45, 2.75) is 6.54 Å². The molecule has 4 heteroatoms. The van der Waals surface area contributed by atoms with Crippen molar-refractivity contribution >= 4 is 22.2 Å². The number of halogens is 1. The number of hydrogen-bond acceptors (Lipinski definition) is 2. The molecule has 0 N–H and O–H groups in total. The summed E-state index contributed by atoms with van der Waals surface area (Å²) in [6, 6.07) is 9.44. The average molecular weight is 294 g/mol. The minimum absolute atomic E-state index is 0.638. The molecule has 0 atom stereocenters. The van der Waals surface area contributed by atoms with Crippen LogP contribution in [-0.4, -0.2) is 18.0 Å². The lowest BCUT2D eigenvalue weighted by Crippen LogP contribution is -2.03. The van der Waals surface area contributed by atoms with Crippen LogP contribution in [0.15, 0.2) is 41.0 Å². The smallest absolute Gasteiger partial charge is 0.166 e. The molecular formula is C13H12BrNO2. The minimum Gasteiger partial charge on any atom is -0.497 e. The van der Waals surface area contributed by atoms with Gasteiger partial charge in [0.05, 0.1) is 12.8 Å². The molecule has 3 nitrogen and oxygen atoms in total. The van der Waals surface area contributed by atoms with Gasteiger partial charge in [-0.2, -0.15) is 0 Å². The van der Waals surface area contributed by atoms with Gasteiger partial charge in [-0.15, -0.1) is 0 Å². The van der Waals surface area contributed by atoms with Gasteiger partial charge >= 0.3 is 0 Å². The molecule has 1 aromatic heterocycles. The predicted octanol–water partition coefficient (Wildman–Crippen LogP) is 3.12. The van der Waals surface area contributed by atoms with Crippen LogP contribution in [0.4, 0.5) is 0 Å². The number of hydrogen-bond donors (Lipinski definition) is 0. The van der Waals surface area contributed by atoms with Crippen molar-refractivity contribution in [3.63, 3.8) is 0 Å². The Morgan fingerprint density at radius 3 is 2.94 bits per heavy atom. The lowest BCUT2D eigenvalue weighted by Gasteiger charge is -2.09. The first-order chi connectivity index (χ1) is 8.24. The first-order valence-corrected chi connectivity index (χ1v) is 5.96. The van der Waals surface area contributed by atoms with Crippen LogP contribution in [0, 0.1) is 0 Å². The summed E-state index contributed by atoms with van der Waals surface area (Å²) in [5.74, 6) is 0.808.